The van der Waals surface area contributed by atoms with Gasteiger partial charge in [-0.2, -0.15) is 5.26 Å². The normalized spacial score (nSPS) is 10.1. The molecule has 2 aromatic rings. The van der Waals surface area contributed by atoms with Crippen molar-refractivity contribution < 1.29 is 4.79 Å². The molecule has 6 heteroatoms. The van der Waals surface area contributed by atoms with Gasteiger partial charge in [0.05, 0.1) is 11.6 Å². The molecule has 0 saturated heterocycles. The first-order valence-corrected chi connectivity index (χ1v) is 7.64. The summed E-state index contributed by atoms with van der Waals surface area (Å²) in [6.45, 7) is 2.08. The second-order valence-electron chi connectivity index (χ2n) is 4.61. The number of anilines is 1. The summed E-state index contributed by atoms with van der Waals surface area (Å²) in [5.41, 5.74) is 1.66. The molecule has 108 valence electrons. The van der Waals surface area contributed by atoms with Gasteiger partial charge in [-0.15, -0.1) is 10.2 Å². The summed E-state index contributed by atoms with van der Waals surface area (Å²) in [5.74, 6) is -0.0708. The lowest BCUT2D eigenvalue weighted by Gasteiger charge is -2.02. The maximum absolute atomic E-state index is 11.9. The minimum atomic E-state index is -0.0708. The fourth-order valence-corrected chi connectivity index (χ4v) is 2.66. The van der Waals surface area contributed by atoms with E-state index in [-0.39, 0.29) is 5.91 Å². The second kappa shape index (κ2) is 7.50. The molecule has 0 unspecified atom stereocenters. The lowest BCUT2D eigenvalue weighted by Crippen LogP contribution is -2.12. The average Bonchev–Trinajstić information content (AvgIpc) is 2.93. The number of hydrogen-bond acceptors (Lipinski definition) is 5. The van der Waals surface area contributed by atoms with E-state index in [0.717, 1.165) is 23.4 Å². The molecule has 0 spiro atoms. The molecule has 0 atom stereocenters. The predicted molar refractivity (Wildman–Crippen MR) is 82.0 cm³/mol. The summed E-state index contributed by atoms with van der Waals surface area (Å²) in [6.07, 6.45) is 2.92. The van der Waals surface area contributed by atoms with Crippen LogP contribution in [0.5, 0.6) is 0 Å². The molecule has 1 N–H and O–H groups in total. The van der Waals surface area contributed by atoms with Crippen molar-refractivity contribution in [2.75, 3.05) is 5.32 Å². The van der Waals surface area contributed by atoms with E-state index in [4.69, 9.17) is 5.26 Å². The highest BCUT2D eigenvalue weighted by Gasteiger charge is 2.08. The van der Waals surface area contributed by atoms with Gasteiger partial charge in [0.25, 0.3) is 0 Å². The zero-order chi connectivity index (χ0) is 15.1. The third-order valence-corrected chi connectivity index (χ3v) is 3.80. The van der Waals surface area contributed by atoms with Gasteiger partial charge in [0.2, 0.25) is 11.0 Å². The molecule has 1 amide bonds. The Kier molecular flexibility index (Phi) is 5.41. The van der Waals surface area contributed by atoms with Gasteiger partial charge < -0.3 is 5.32 Å². The van der Waals surface area contributed by atoms with E-state index in [0.29, 0.717) is 23.5 Å². The lowest BCUT2D eigenvalue weighted by atomic mass is 10.1. The first kappa shape index (κ1) is 15.1. The number of nitriles is 1. The monoisotopic (exact) mass is 300 g/mol. The van der Waals surface area contributed by atoms with E-state index in [1.54, 1.807) is 12.1 Å². The lowest BCUT2D eigenvalue weighted by molar-refractivity contribution is -0.116. The molecule has 0 bridgehead atoms. The van der Waals surface area contributed by atoms with Crippen molar-refractivity contribution in [2.45, 2.75) is 32.6 Å². The Morgan fingerprint density at radius 3 is 2.71 bits per heavy atom. The Bertz CT molecular complexity index is 642. The Hall–Kier alpha value is -2.26. The van der Waals surface area contributed by atoms with Crippen LogP contribution in [0, 0.1) is 11.3 Å². The number of amides is 1. The van der Waals surface area contributed by atoms with E-state index < -0.39 is 0 Å². The molecule has 0 radical (unpaired) electrons. The number of nitrogens with zero attached hydrogens (tertiary/aromatic N) is 3. The molecule has 0 saturated carbocycles. The van der Waals surface area contributed by atoms with E-state index >= 15 is 0 Å². The molecule has 21 heavy (non-hydrogen) atoms. The summed E-state index contributed by atoms with van der Waals surface area (Å²) >= 11 is 1.42. The molecule has 0 aliphatic carbocycles. The average molecular weight is 300 g/mol. The number of carbonyl (C=O) groups excluding carboxylic acids is 1. The molecular formula is C15H16N4OS. The van der Waals surface area contributed by atoms with Gasteiger partial charge >= 0.3 is 0 Å². The van der Waals surface area contributed by atoms with Gasteiger partial charge in [-0.1, -0.05) is 30.4 Å². The third-order valence-electron chi connectivity index (χ3n) is 2.90. The Balaban J connectivity index is 1.82. The van der Waals surface area contributed by atoms with Crippen LogP contribution >= 0.6 is 11.3 Å². The number of rotatable bonds is 6. The summed E-state index contributed by atoms with van der Waals surface area (Å²) in [4.78, 5) is 11.9. The minimum absolute atomic E-state index is 0.0708. The SMILES string of the molecule is CCCc1nnc(NC(=O)CCc2ccc(C#N)cc2)s1. The van der Waals surface area contributed by atoms with Crippen LogP contribution < -0.4 is 5.32 Å². The summed E-state index contributed by atoms with van der Waals surface area (Å²) in [6, 6.07) is 9.33. The number of aryl methyl sites for hydroxylation is 2. The molecule has 2 rings (SSSR count). The number of benzene rings is 1. The highest BCUT2D eigenvalue weighted by molar-refractivity contribution is 7.15. The van der Waals surface area contributed by atoms with Crippen LogP contribution in [-0.4, -0.2) is 16.1 Å². The zero-order valence-corrected chi connectivity index (χ0v) is 12.6. The van der Waals surface area contributed by atoms with Crippen LogP contribution in [-0.2, 0) is 17.6 Å². The Morgan fingerprint density at radius 1 is 1.29 bits per heavy atom. The van der Waals surface area contributed by atoms with E-state index in [1.165, 1.54) is 11.3 Å². The minimum Gasteiger partial charge on any atom is -0.301 e. The highest BCUT2D eigenvalue weighted by atomic mass is 32.1. The molecule has 0 fully saturated rings. The summed E-state index contributed by atoms with van der Waals surface area (Å²) < 4.78 is 0. The fraction of sp³-hybridized carbons (Fsp3) is 0.333. The molecule has 0 aliphatic rings. The van der Waals surface area contributed by atoms with Crippen molar-refractivity contribution in [2.24, 2.45) is 0 Å². The van der Waals surface area contributed by atoms with E-state index in [9.17, 15) is 4.79 Å². The van der Waals surface area contributed by atoms with Crippen molar-refractivity contribution >= 4 is 22.4 Å². The highest BCUT2D eigenvalue weighted by Crippen LogP contribution is 2.17. The van der Waals surface area contributed by atoms with Gasteiger partial charge in [0.15, 0.2) is 0 Å². The van der Waals surface area contributed by atoms with Crippen LogP contribution in [0.4, 0.5) is 5.13 Å². The maximum atomic E-state index is 11.9. The maximum Gasteiger partial charge on any atom is 0.226 e. The third kappa shape index (κ3) is 4.65. The van der Waals surface area contributed by atoms with Gasteiger partial charge in [0.1, 0.15) is 5.01 Å². The van der Waals surface area contributed by atoms with Gasteiger partial charge in [-0.05, 0) is 30.5 Å². The first-order valence-electron chi connectivity index (χ1n) is 6.82. The molecular weight excluding hydrogens is 284 g/mol. The molecule has 1 aromatic heterocycles. The molecule has 1 heterocycles. The molecule has 5 nitrogen and oxygen atoms in total. The molecule has 1 aromatic carbocycles. The quantitative estimate of drug-likeness (QED) is 0.889. The van der Waals surface area contributed by atoms with Gasteiger partial charge in [0, 0.05) is 12.8 Å². The smallest absolute Gasteiger partial charge is 0.226 e. The predicted octanol–water partition coefficient (Wildman–Crippen LogP) is 2.93. The van der Waals surface area contributed by atoms with Crippen LogP contribution in [0.15, 0.2) is 24.3 Å². The number of aromatic nitrogens is 2. The fourth-order valence-electron chi connectivity index (χ4n) is 1.80. The number of carbonyl (C=O) groups is 1. The first-order chi connectivity index (χ1) is 10.2. The van der Waals surface area contributed by atoms with Crippen molar-refractivity contribution in [3.63, 3.8) is 0 Å². The van der Waals surface area contributed by atoms with Crippen molar-refractivity contribution in [3.05, 3.63) is 40.4 Å². The van der Waals surface area contributed by atoms with Crippen LogP contribution in [0.25, 0.3) is 0 Å². The topological polar surface area (TPSA) is 78.7 Å². The van der Waals surface area contributed by atoms with Crippen LogP contribution in [0.1, 0.15) is 35.9 Å². The largest absolute Gasteiger partial charge is 0.301 e. The van der Waals surface area contributed by atoms with Crippen LogP contribution in [0.3, 0.4) is 0 Å². The summed E-state index contributed by atoms with van der Waals surface area (Å²) in [7, 11) is 0. The van der Waals surface area contributed by atoms with Crippen molar-refractivity contribution in [1.82, 2.24) is 10.2 Å². The van der Waals surface area contributed by atoms with Crippen LogP contribution in [0.2, 0.25) is 0 Å². The number of hydrogen-bond donors (Lipinski definition) is 1. The van der Waals surface area contributed by atoms with E-state index in [2.05, 4.69) is 28.5 Å². The second-order valence-corrected chi connectivity index (χ2v) is 5.67. The van der Waals surface area contributed by atoms with E-state index in [1.807, 2.05) is 12.1 Å². The number of nitrogens with one attached hydrogen (secondary N) is 1. The Morgan fingerprint density at radius 2 is 2.05 bits per heavy atom. The van der Waals surface area contributed by atoms with Crippen molar-refractivity contribution in [3.8, 4) is 6.07 Å². The van der Waals surface area contributed by atoms with Gasteiger partial charge in [-0.3, -0.25) is 4.79 Å². The standard InChI is InChI=1S/C15H16N4OS/c1-2-3-14-18-19-15(21-14)17-13(20)9-8-11-4-6-12(10-16)7-5-11/h4-7H,2-3,8-9H2,1H3,(H,17,19,20). The summed E-state index contributed by atoms with van der Waals surface area (Å²) in [5, 5.41) is 21.0. The molecule has 0 aliphatic heterocycles. The Labute approximate surface area is 127 Å². The van der Waals surface area contributed by atoms with Gasteiger partial charge in [-0.25, -0.2) is 0 Å². The zero-order valence-electron chi connectivity index (χ0n) is 11.8. The van der Waals surface area contributed by atoms with Crippen molar-refractivity contribution in [1.29, 1.82) is 5.26 Å².